The van der Waals surface area contributed by atoms with E-state index in [9.17, 15) is 18.8 Å². The van der Waals surface area contributed by atoms with E-state index in [4.69, 9.17) is 16.3 Å². The fourth-order valence-corrected chi connectivity index (χ4v) is 4.05. The van der Waals surface area contributed by atoms with Gasteiger partial charge in [-0.2, -0.15) is 0 Å². The Bertz CT molecular complexity index is 1250. The summed E-state index contributed by atoms with van der Waals surface area (Å²) in [5.74, 6) is -1.13. The van der Waals surface area contributed by atoms with Crippen LogP contribution in [-0.2, 0) is 9.53 Å². The molecule has 0 aliphatic heterocycles. The monoisotopic (exact) mass is 462 g/mol. The smallest absolute Gasteiger partial charge is 0.337 e. The van der Waals surface area contributed by atoms with Crippen LogP contribution in [0.2, 0.25) is 5.02 Å². The van der Waals surface area contributed by atoms with Crippen LogP contribution in [0.5, 0.6) is 0 Å². The predicted molar refractivity (Wildman–Crippen MR) is 119 cm³/mol. The third-order valence-corrected chi connectivity index (χ3v) is 5.82. The molecule has 0 N–H and O–H groups in total. The van der Waals surface area contributed by atoms with Crippen LogP contribution in [0.4, 0.5) is 4.39 Å². The van der Waals surface area contributed by atoms with Gasteiger partial charge in [-0.1, -0.05) is 44.1 Å². The van der Waals surface area contributed by atoms with Gasteiger partial charge in [0.2, 0.25) is 0 Å². The van der Waals surface area contributed by atoms with Crippen molar-refractivity contribution in [2.24, 2.45) is 5.41 Å². The highest BCUT2D eigenvalue weighted by Crippen LogP contribution is 2.27. The van der Waals surface area contributed by atoms with Crippen LogP contribution in [0.25, 0.3) is 16.6 Å². The molecule has 9 heteroatoms. The molecule has 0 spiro atoms. The standard InChI is InChI=1S/C22H20ClFN2O4S/c1-22(2,3)18(27)11-31-21-25-17-9-12(20(29)30-4)5-7-14(17)19(28)26(21)13-6-8-16(24)15(23)10-13/h5-10H,11H2,1-4H3. The maximum Gasteiger partial charge on any atom is 0.337 e. The average Bonchev–Trinajstić information content (AvgIpc) is 2.72. The number of thioether (sulfide) groups is 1. The first-order chi connectivity index (χ1) is 14.5. The van der Waals surface area contributed by atoms with Gasteiger partial charge in [0.15, 0.2) is 5.16 Å². The summed E-state index contributed by atoms with van der Waals surface area (Å²) in [5.41, 5.74) is -0.163. The molecule has 0 bridgehead atoms. The Hall–Kier alpha value is -2.71. The van der Waals surface area contributed by atoms with Crippen LogP contribution < -0.4 is 5.56 Å². The molecule has 162 valence electrons. The zero-order valence-electron chi connectivity index (χ0n) is 17.4. The largest absolute Gasteiger partial charge is 0.465 e. The van der Waals surface area contributed by atoms with Crippen molar-refractivity contribution in [3.63, 3.8) is 0 Å². The highest BCUT2D eigenvalue weighted by Gasteiger charge is 2.23. The summed E-state index contributed by atoms with van der Waals surface area (Å²) < 4.78 is 19.7. The van der Waals surface area contributed by atoms with Crippen molar-refractivity contribution in [1.82, 2.24) is 9.55 Å². The molecule has 0 saturated carbocycles. The molecule has 3 aromatic rings. The quantitative estimate of drug-likeness (QED) is 0.311. The highest BCUT2D eigenvalue weighted by atomic mass is 35.5. The predicted octanol–water partition coefficient (Wildman–Crippen LogP) is 4.67. The SMILES string of the molecule is COC(=O)c1ccc2c(=O)n(-c3ccc(F)c(Cl)c3)c(SCC(=O)C(C)(C)C)nc2c1. The lowest BCUT2D eigenvalue weighted by molar-refractivity contribution is -0.123. The minimum Gasteiger partial charge on any atom is -0.465 e. The minimum absolute atomic E-state index is 0.0288. The third-order valence-electron chi connectivity index (χ3n) is 4.59. The summed E-state index contributed by atoms with van der Waals surface area (Å²) in [4.78, 5) is 42.2. The van der Waals surface area contributed by atoms with Gasteiger partial charge >= 0.3 is 5.97 Å². The van der Waals surface area contributed by atoms with Crippen LogP contribution in [0.3, 0.4) is 0 Å². The van der Waals surface area contributed by atoms with Crippen LogP contribution in [0.1, 0.15) is 31.1 Å². The molecule has 1 heterocycles. The summed E-state index contributed by atoms with van der Waals surface area (Å²) in [5, 5.41) is 0.326. The van der Waals surface area contributed by atoms with E-state index >= 15 is 0 Å². The Morgan fingerprint density at radius 2 is 1.90 bits per heavy atom. The van der Waals surface area contributed by atoms with E-state index in [1.165, 1.54) is 42.0 Å². The van der Waals surface area contributed by atoms with Crippen LogP contribution in [-0.4, -0.2) is 34.2 Å². The number of esters is 1. The number of carbonyl (C=O) groups excluding carboxylic acids is 2. The molecule has 0 saturated heterocycles. The number of ether oxygens (including phenoxy) is 1. The highest BCUT2D eigenvalue weighted by molar-refractivity contribution is 7.99. The van der Waals surface area contributed by atoms with Crippen molar-refractivity contribution in [1.29, 1.82) is 0 Å². The average molecular weight is 463 g/mol. The lowest BCUT2D eigenvalue weighted by atomic mass is 9.92. The summed E-state index contributed by atoms with van der Waals surface area (Å²) in [7, 11) is 1.26. The maximum atomic E-state index is 13.7. The van der Waals surface area contributed by atoms with Crippen molar-refractivity contribution < 1.29 is 18.7 Å². The molecule has 2 aromatic carbocycles. The summed E-state index contributed by atoms with van der Waals surface area (Å²) in [6, 6.07) is 8.30. The number of carbonyl (C=O) groups is 2. The zero-order valence-corrected chi connectivity index (χ0v) is 18.9. The first-order valence-corrected chi connectivity index (χ1v) is 10.7. The van der Waals surface area contributed by atoms with E-state index < -0.39 is 22.8 Å². The number of benzene rings is 2. The van der Waals surface area contributed by atoms with Gasteiger partial charge in [-0.05, 0) is 36.4 Å². The minimum atomic E-state index is -0.618. The number of fused-ring (bicyclic) bond motifs is 1. The first-order valence-electron chi connectivity index (χ1n) is 9.29. The molecule has 0 radical (unpaired) electrons. The second-order valence-corrected chi connectivity index (χ2v) is 9.17. The molecule has 1 aromatic heterocycles. The topological polar surface area (TPSA) is 78.3 Å². The number of hydrogen-bond donors (Lipinski definition) is 0. The number of Topliss-reactive ketones (excluding diaryl/α,β-unsaturated/α-hetero) is 1. The Kier molecular flexibility index (Phi) is 6.52. The van der Waals surface area contributed by atoms with Gasteiger partial charge in [0.1, 0.15) is 11.6 Å². The van der Waals surface area contributed by atoms with Crippen LogP contribution in [0, 0.1) is 11.2 Å². The molecule has 0 fully saturated rings. The third kappa shape index (κ3) is 4.80. The second-order valence-electron chi connectivity index (χ2n) is 7.82. The van der Waals surface area contributed by atoms with Gasteiger partial charge in [-0.25, -0.2) is 14.2 Å². The number of aromatic nitrogens is 2. The van der Waals surface area contributed by atoms with Gasteiger partial charge in [0, 0.05) is 5.41 Å². The van der Waals surface area contributed by atoms with Crippen molar-refractivity contribution in [3.05, 3.63) is 63.2 Å². The van der Waals surface area contributed by atoms with Gasteiger partial charge < -0.3 is 4.74 Å². The first kappa shape index (κ1) is 23.0. The van der Waals surface area contributed by atoms with E-state index in [2.05, 4.69) is 4.98 Å². The van der Waals surface area contributed by atoms with E-state index in [1.54, 1.807) is 20.8 Å². The van der Waals surface area contributed by atoms with E-state index in [-0.39, 0.29) is 38.2 Å². The van der Waals surface area contributed by atoms with Crippen molar-refractivity contribution in [2.45, 2.75) is 25.9 Å². The molecule has 6 nitrogen and oxygen atoms in total. The van der Waals surface area contributed by atoms with E-state index in [0.717, 1.165) is 17.8 Å². The van der Waals surface area contributed by atoms with E-state index in [0.29, 0.717) is 5.69 Å². The molecule has 0 amide bonds. The molecule has 0 aliphatic rings. The number of ketones is 1. The lowest BCUT2D eigenvalue weighted by Gasteiger charge is -2.17. The molecule has 0 atom stereocenters. The molecular formula is C22H20ClFN2O4S. The Balaban J connectivity index is 2.22. The number of methoxy groups -OCH3 is 1. The van der Waals surface area contributed by atoms with Gasteiger partial charge in [-0.3, -0.25) is 14.2 Å². The fraction of sp³-hybridized carbons (Fsp3) is 0.273. The number of rotatable bonds is 5. The molecule has 0 unspecified atom stereocenters. The van der Waals surface area contributed by atoms with Gasteiger partial charge in [-0.15, -0.1) is 0 Å². The second kappa shape index (κ2) is 8.80. The van der Waals surface area contributed by atoms with E-state index in [1.807, 2.05) is 0 Å². The maximum absolute atomic E-state index is 13.7. The molecule has 0 aliphatic carbocycles. The van der Waals surface area contributed by atoms with Gasteiger partial charge in [0.05, 0.1) is 40.0 Å². The summed E-state index contributed by atoms with van der Waals surface area (Å²) in [6.45, 7) is 5.41. The van der Waals surface area contributed by atoms with Crippen LogP contribution >= 0.6 is 23.4 Å². The Labute approximate surface area is 187 Å². The van der Waals surface area contributed by atoms with Crippen molar-refractivity contribution >= 4 is 46.0 Å². The number of nitrogens with zero attached hydrogens (tertiary/aromatic N) is 2. The summed E-state index contributed by atoms with van der Waals surface area (Å²) >= 11 is 7.01. The van der Waals surface area contributed by atoms with Gasteiger partial charge in [0.25, 0.3) is 5.56 Å². The molecular weight excluding hydrogens is 443 g/mol. The normalized spacial score (nSPS) is 11.5. The Morgan fingerprint density at radius 1 is 1.19 bits per heavy atom. The molecule has 31 heavy (non-hydrogen) atoms. The Morgan fingerprint density at radius 3 is 2.52 bits per heavy atom. The van der Waals surface area contributed by atoms with Crippen LogP contribution in [0.15, 0.2) is 46.3 Å². The number of hydrogen-bond acceptors (Lipinski definition) is 6. The lowest BCUT2D eigenvalue weighted by Crippen LogP contribution is -2.25. The summed E-state index contributed by atoms with van der Waals surface area (Å²) in [6.07, 6.45) is 0. The molecule has 3 rings (SSSR count). The van der Waals surface area contributed by atoms with Crippen molar-refractivity contribution in [3.8, 4) is 5.69 Å². The zero-order chi connectivity index (χ0) is 22.9. The fourth-order valence-electron chi connectivity index (χ4n) is 2.71. The van der Waals surface area contributed by atoms with Crippen molar-refractivity contribution in [2.75, 3.05) is 12.9 Å². The number of halogens is 2.